The van der Waals surface area contributed by atoms with Gasteiger partial charge >= 0.3 is 0 Å². The van der Waals surface area contributed by atoms with Crippen LogP contribution in [-0.4, -0.2) is 15.6 Å². The van der Waals surface area contributed by atoms with Crippen LogP contribution in [0.25, 0.3) is 0 Å². The maximum Gasteiger partial charge on any atom is 0.159 e. The fraction of sp³-hybridized carbons (Fsp3) is 0.333. The van der Waals surface area contributed by atoms with Gasteiger partial charge in [-0.25, -0.2) is 8.78 Å². The first-order chi connectivity index (χ1) is 9.92. The standard InChI is InChI=1S/C15H15BrF2N2O/c1-3-20-14(15(16)9(2)19-20)8-11(21)6-10-4-5-12(17)13(18)7-10/h4-5,7H,3,6,8H2,1-2H3. The van der Waals surface area contributed by atoms with Gasteiger partial charge in [0.1, 0.15) is 5.78 Å². The van der Waals surface area contributed by atoms with Crippen LogP contribution in [0.2, 0.25) is 0 Å². The number of halogens is 3. The van der Waals surface area contributed by atoms with Crippen molar-refractivity contribution in [2.45, 2.75) is 33.2 Å². The van der Waals surface area contributed by atoms with Crippen molar-refractivity contribution in [2.75, 3.05) is 0 Å². The maximum atomic E-state index is 13.1. The first-order valence-corrected chi connectivity index (χ1v) is 7.39. The molecular formula is C15H15BrF2N2O. The number of ketones is 1. The zero-order valence-corrected chi connectivity index (χ0v) is 13.4. The molecule has 112 valence electrons. The van der Waals surface area contributed by atoms with E-state index in [1.54, 1.807) is 4.68 Å². The smallest absolute Gasteiger partial charge is 0.159 e. The Kier molecular flexibility index (Phi) is 4.88. The van der Waals surface area contributed by atoms with Crippen molar-refractivity contribution < 1.29 is 13.6 Å². The summed E-state index contributed by atoms with van der Waals surface area (Å²) in [5.74, 6) is -1.92. The van der Waals surface area contributed by atoms with Gasteiger partial charge in [0.15, 0.2) is 11.6 Å². The molecule has 0 radical (unpaired) electrons. The Hall–Kier alpha value is -1.56. The molecule has 0 aliphatic rings. The average Bonchev–Trinajstić information content (AvgIpc) is 2.70. The number of hydrogen-bond donors (Lipinski definition) is 0. The minimum Gasteiger partial charge on any atom is -0.299 e. The fourth-order valence-electron chi connectivity index (χ4n) is 2.16. The molecule has 0 amide bonds. The van der Waals surface area contributed by atoms with Crippen LogP contribution in [0.4, 0.5) is 8.78 Å². The summed E-state index contributed by atoms with van der Waals surface area (Å²) in [6.45, 7) is 4.47. The first-order valence-electron chi connectivity index (χ1n) is 6.59. The van der Waals surface area contributed by atoms with Crippen LogP contribution in [0.5, 0.6) is 0 Å². The summed E-state index contributed by atoms with van der Waals surface area (Å²) < 4.78 is 28.6. The van der Waals surface area contributed by atoms with Crippen LogP contribution in [0.1, 0.15) is 23.9 Å². The second-order valence-corrected chi connectivity index (χ2v) is 5.60. The highest BCUT2D eigenvalue weighted by Gasteiger charge is 2.16. The summed E-state index contributed by atoms with van der Waals surface area (Å²) in [7, 11) is 0. The van der Waals surface area contributed by atoms with E-state index in [1.165, 1.54) is 6.07 Å². The van der Waals surface area contributed by atoms with Gasteiger partial charge < -0.3 is 0 Å². The fourth-order valence-corrected chi connectivity index (χ4v) is 2.59. The highest BCUT2D eigenvalue weighted by molar-refractivity contribution is 9.10. The molecule has 0 saturated carbocycles. The Morgan fingerprint density at radius 1 is 1.29 bits per heavy atom. The molecule has 2 aromatic rings. The molecule has 0 unspecified atom stereocenters. The summed E-state index contributed by atoms with van der Waals surface area (Å²) in [5, 5.41) is 4.32. The SMILES string of the molecule is CCn1nc(C)c(Br)c1CC(=O)Cc1ccc(F)c(F)c1. The number of rotatable bonds is 5. The van der Waals surface area contributed by atoms with Gasteiger partial charge in [-0.3, -0.25) is 9.48 Å². The van der Waals surface area contributed by atoms with E-state index in [-0.39, 0.29) is 18.6 Å². The Labute approximate surface area is 130 Å². The number of nitrogens with zero attached hydrogens (tertiary/aromatic N) is 2. The van der Waals surface area contributed by atoms with E-state index in [1.807, 2.05) is 13.8 Å². The third kappa shape index (κ3) is 3.56. The van der Waals surface area contributed by atoms with Gasteiger partial charge in [-0.2, -0.15) is 5.10 Å². The number of aryl methyl sites for hydroxylation is 2. The molecule has 21 heavy (non-hydrogen) atoms. The van der Waals surface area contributed by atoms with E-state index in [0.29, 0.717) is 12.1 Å². The van der Waals surface area contributed by atoms with E-state index in [2.05, 4.69) is 21.0 Å². The van der Waals surface area contributed by atoms with Gasteiger partial charge in [0.2, 0.25) is 0 Å². The average molecular weight is 357 g/mol. The number of carbonyl (C=O) groups excluding carboxylic acids is 1. The van der Waals surface area contributed by atoms with Gasteiger partial charge in [-0.1, -0.05) is 6.07 Å². The van der Waals surface area contributed by atoms with Gasteiger partial charge in [-0.05, 0) is 47.5 Å². The molecule has 6 heteroatoms. The number of Topliss-reactive ketones (excluding diaryl/α,β-unsaturated/α-hetero) is 1. The summed E-state index contributed by atoms with van der Waals surface area (Å²) in [4.78, 5) is 12.1. The largest absolute Gasteiger partial charge is 0.299 e. The maximum absolute atomic E-state index is 13.1. The van der Waals surface area contributed by atoms with E-state index in [0.717, 1.165) is 28.0 Å². The molecular weight excluding hydrogens is 342 g/mol. The van der Waals surface area contributed by atoms with E-state index >= 15 is 0 Å². The van der Waals surface area contributed by atoms with Crippen LogP contribution < -0.4 is 0 Å². The summed E-state index contributed by atoms with van der Waals surface area (Å²) in [6.07, 6.45) is 0.270. The molecule has 0 N–H and O–H groups in total. The van der Waals surface area contributed by atoms with Gasteiger partial charge in [0, 0.05) is 19.4 Å². The molecule has 0 aliphatic carbocycles. The molecule has 0 bridgehead atoms. The lowest BCUT2D eigenvalue weighted by Gasteiger charge is -2.06. The minimum absolute atomic E-state index is 0.0670. The lowest BCUT2D eigenvalue weighted by atomic mass is 10.1. The number of hydrogen-bond acceptors (Lipinski definition) is 2. The van der Waals surface area contributed by atoms with Crippen molar-refractivity contribution in [1.82, 2.24) is 9.78 Å². The van der Waals surface area contributed by atoms with Crippen molar-refractivity contribution in [3.63, 3.8) is 0 Å². The van der Waals surface area contributed by atoms with Crippen molar-refractivity contribution in [1.29, 1.82) is 0 Å². The molecule has 1 heterocycles. The van der Waals surface area contributed by atoms with Crippen LogP contribution in [0, 0.1) is 18.6 Å². The van der Waals surface area contributed by atoms with Crippen LogP contribution in [0.3, 0.4) is 0 Å². The van der Waals surface area contributed by atoms with Gasteiger partial charge in [0.05, 0.1) is 15.9 Å². The summed E-state index contributed by atoms with van der Waals surface area (Å²) >= 11 is 3.43. The Morgan fingerprint density at radius 3 is 2.62 bits per heavy atom. The predicted octanol–water partition coefficient (Wildman–Crippen LogP) is 3.61. The molecule has 0 spiro atoms. The molecule has 1 aromatic carbocycles. The van der Waals surface area contributed by atoms with Gasteiger partial charge in [0.25, 0.3) is 0 Å². The minimum atomic E-state index is -0.934. The third-order valence-corrected chi connectivity index (χ3v) is 4.23. The highest BCUT2D eigenvalue weighted by Crippen LogP contribution is 2.22. The second kappa shape index (κ2) is 6.47. The molecule has 0 fully saturated rings. The molecule has 1 aromatic heterocycles. The van der Waals surface area contributed by atoms with E-state index in [4.69, 9.17) is 0 Å². The summed E-state index contributed by atoms with van der Waals surface area (Å²) in [5.41, 5.74) is 2.10. The highest BCUT2D eigenvalue weighted by atomic mass is 79.9. The molecule has 0 saturated heterocycles. The van der Waals surface area contributed by atoms with Crippen molar-refractivity contribution in [2.24, 2.45) is 0 Å². The van der Waals surface area contributed by atoms with Gasteiger partial charge in [-0.15, -0.1) is 0 Å². The Bertz CT molecular complexity index is 683. The zero-order chi connectivity index (χ0) is 15.6. The quantitative estimate of drug-likeness (QED) is 0.820. The molecule has 3 nitrogen and oxygen atoms in total. The Morgan fingerprint density at radius 2 is 2.00 bits per heavy atom. The first kappa shape index (κ1) is 15.8. The lowest BCUT2D eigenvalue weighted by Crippen LogP contribution is -2.12. The topological polar surface area (TPSA) is 34.9 Å². The van der Waals surface area contributed by atoms with E-state index in [9.17, 15) is 13.6 Å². The van der Waals surface area contributed by atoms with Crippen LogP contribution >= 0.6 is 15.9 Å². The number of benzene rings is 1. The second-order valence-electron chi connectivity index (χ2n) is 4.80. The number of aromatic nitrogens is 2. The molecule has 2 rings (SSSR count). The molecule has 0 aliphatic heterocycles. The zero-order valence-electron chi connectivity index (χ0n) is 11.8. The van der Waals surface area contributed by atoms with Crippen LogP contribution in [0.15, 0.2) is 22.7 Å². The van der Waals surface area contributed by atoms with Crippen molar-refractivity contribution in [3.05, 3.63) is 51.3 Å². The Balaban J connectivity index is 2.13. The summed E-state index contributed by atoms with van der Waals surface area (Å²) in [6, 6.07) is 3.52. The molecule has 0 atom stereocenters. The number of carbonyl (C=O) groups is 1. The van der Waals surface area contributed by atoms with Crippen molar-refractivity contribution >= 4 is 21.7 Å². The third-order valence-electron chi connectivity index (χ3n) is 3.20. The van der Waals surface area contributed by atoms with E-state index < -0.39 is 11.6 Å². The normalized spacial score (nSPS) is 10.9. The monoisotopic (exact) mass is 356 g/mol. The predicted molar refractivity (Wildman–Crippen MR) is 79.1 cm³/mol. The lowest BCUT2D eigenvalue weighted by molar-refractivity contribution is -0.117. The van der Waals surface area contributed by atoms with Crippen LogP contribution in [-0.2, 0) is 24.2 Å². The van der Waals surface area contributed by atoms with Crippen molar-refractivity contribution in [3.8, 4) is 0 Å².